The lowest BCUT2D eigenvalue weighted by Crippen LogP contribution is -2.17. The molecule has 7 heteroatoms. The molecular weight excluding hydrogens is 356 g/mol. The highest BCUT2D eigenvalue weighted by Gasteiger charge is 2.20. The maximum atomic E-state index is 13.0. The summed E-state index contributed by atoms with van der Waals surface area (Å²) in [5.74, 6) is 1.54. The fourth-order valence-corrected chi connectivity index (χ4v) is 2.71. The predicted molar refractivity (Wildman–Crippen MR) is 104 cm³/mol. The van der Waals surface area contributed by atoms with Gasteiger partial charge in [-0.3, -0.25) is 4.79 Å². The average molecular weight is 374 g/mol. The number of anilines is 1. The van der Waals surface area contributed by atoms with E-state index in [-0.39, 0.29) is 5.91 Å². The summed E-state index contributed by atoms with van der Waals surface area (Å²) in [4.78, 5) is 17.5. The van der Waals surface area contributed by atoms with E-state index in [9.17, 15) is 4.79 Å². The van der Waals surface area contributed by atoms with Gasteiger partial charge in [0, 0.05) is 12.1 Å². The van der Waals surface area contributed by atoms with Crippen molar-refractivity contribution in [3.63, 3.8) is 0 Å². The molecule has 140 valence electrons. The van der Waals surface area contributed by atoms with Crippen molar-refractivity contribution in [2.75, 3.05) is 12.4 Å². The van der Waals surface area contributed by atoms with E-state index in [1.165, 1.54) is 4.68 Å². The average Bonchev–Trinajstić information content (AvgIpc) is 3.42. The van der Waals surface area contributed by atoms with Crippen LogP contribution in [0.3, 0.4) is 0 Å². The van der Waals surface area contributed by atoms with E-state index in [2.05, 4.69) is 15.4 Å². The molecule has 0 saturated heterocycles. The summed E-state index contributed by atoms with van der Waals surface area (Å²) in [5.41, 5.74) is 1.54. The Morgan fingerprint density at radius 2 is 1.86 bits per heavy atom. The number of nitrogens with one attached hydrogen (secondary N) is 1. The number of carbonyl (C=O) groups is 1. The van der Waals surface area contributed by atoms with Gasteiger partial charge < -0.3 is 14.5 Å². The second-order valence-corrected chi connectivity index (χ2v) is 6.02. The molecule has 0 aliphatic rings. The van der Waals surface area contributed by atoms with Gasteiger partial charge in [-0.1, -0.05) is 30.3 Å². The third kappa shape index (κ3) is 3.64. The fraction of sp³-hybridized carbons (Fsp3) is 0.0952. The predicted octanol–water partition coefficient (Wildman–Crippen LogP) is 3.85. The van der Waals surface area contributed by atoms with Crippen LogP contribution in [-0.4, -0.2) is 27.8 Å². The van der Waals surface area contributed by atoms with E-state index in [4.69, 9.17) is 9.15 Å². The molecule has 4 rings (SSSR count). The molecule has 0 unspecified atom stereocenters. The molecule has 0 aliphatic carbocycles. The molecule has 0 radical (unpaired) electrons. The van der Waals surface area contributed by atoms with Gasteiger partial charge in [0.15, 0.2) is 5.76 Å². The van der Waals surface area contributed by atoms with E-state index in [1.54, 1.807) is 49.8 Å². The molecule has 0 amide bonds. The summed E-state index contributed by atoms with van der Waals surface area (Å²) in [5, 5.41) is 7.54. The third-order valence-electron chi connectivity index (χ3n) is 4.17. The van der Waals surface area contributed by atoms with Crippen molar-refractivity contribution in [1.82, 2.24) is 14.8 Å². The summed E-state index contributed by atoms with van der Waals surface area (Å²) in [6, 6.07) is 20.2. The Morgan fingerprint density at radius 1 is 1.07 bits per heavy atom. The minimum atomic E-state index is -0.302. The lowest BCUT2D eigenvalue weighted by Gasteiger charge is -2.08. The topological polar surface area (TPSA) is 82.2 Å². The van der Waals surface area contributed by atoms with Gasteiger partial charge in [-0.05, 0) is 42.0 Å². The van der Waals surface area contributed by atoms with Crippen LogP contribution in [0.15, 0.2) is 77.4 Å². The molecule has 28 heavy (non-hydrogen) atoms. The standard InChI is InChI=1S/C21H18N4O3/c1-27-17-11-9-16(10-12-17)20(26)25-21(22-14-15-6-3-2-4-7-15)23-19(24-25)18-8-5-13-28-18/h2-13H,14H2,1H3,(H,22,23,24). The summed E-state index contributed by atoms with van der Waals surface area (Å²) in [6.45, 7) is 0.507. The zero-order valence-corrected chi connectivity index (χ0v) is 15.2. The molecule has 2 aromatic carbocycles. The Kier molecular flexibility index (Phi) is 4.88. The highest BCUT2D eigenvalue weighted by Crippen LogP contribution is 2.20. The summed E-state index contributed by atoms with van der Waals surface area (Å²) in [7, 11) is 1.58. The number of furan rings is 1. The van der Waals surface area contributed by atoms with Gasteiger partial charge in [0.1, 0.15) is 5.75 Å². The largest absolute Gasteiger partial charge is 0.497 e. The monoisotopic (exact) mass is 374 g/mol. The van der Waals surface area contributed by atoms with Gasteiger partial charge in [-0.25, -0.2) is 0 Å². The number of nitrogens with zero attached hydrogens (tertiary/aromatic N) is 3. The molecule has 1 N–H and O–H groups in total. The molecular formula is C21H18N4O3. The molecule has 4 aromatic rings. The molecule has 2 heterocycles. The van der Waals surface area contributed by atoms with Gasteiger partial charge in [-0.2, -0.15) is 9.67 Å². The molecule has 0 fully saturated rings. The minimum absolute atomic E-state index is 0.302. The van der Waals surface area contributed by atoms with Crippen molar-refractivity contribution in [1.29, 1.82) is 0 Å². The number of rotatable bonds is 6. The first-order chi connectivity index (χ1) is 13.7. The van der Waals surface area contributed by atoms with Crippen LogP contribution in [0, 0.1) is 0 Å². The Bertz CT molecular complexity index is 1060. The van der Waals surface area contributed by atoms with Gasteiger partial charge >= 0.3 is 0 Å². The van der Waals surface area contributed by atoms with Crippen molar-refractivity contribution in [2.24, 2.45) is 0 Å². The molecule has 7 nitrogen and oxygen atoms in total. The number of methoxy groups -OCH3 is 1. The lowest BCUT2D eigenvalue weighted by molar-refractivity contribution is 0.0947. The zero-order chi connectivity index (χ0) is 19.3. The van der Waals surface area contributed by atoms with Crippen molar-refractivity contribution >= 4 is 11.9 Å². The summed E-state index contributed by atoms with van der Waals surface area (Å²) in [6.07, 6.45) is 1.54. The zero-order valence-electron chi connectivity index (χ0n) is 15.2. The number of ether oxygens (including phenoxy) is 1. The first kappa shape index (κ1) is 17.5. The first-order valence-corrected chi connectivity index (χ1v) is 8.72. The number of hydrogen-bond acceptors (Lipinski definition) is 6. The number of aromatic nitrogens is 3. The number of carbonyl (C=O) groups excluding carboxylic acids is 1. The maximum absolute atomic E-state index is 13.0. The Hall–Kier alpha value is -3.87. The van der Waals surface area contributed by atoms with Crippen molar-refractivity contribution in [2.45, 2.75) is 6.54 Å². The lowest BCUT2D eigenvalue weighted by atomic mass is 10.2. The number of hydrogen-bond donors (Lipinski definition) is 1. The van der Waals surface area contributed by atoms with E-state index in [0.717, 1.165) is 5.56 Å². The molecule has 2 aromatic heterocycles. The van der Waals surface area contributed by atoms with Crippen LogP contribution in [0.5, 0.6) is 5.75 Å². The van der Waals surface area contributed by atoms with Crippen LogP contribution >= 0.6 is 0 Å². The molecule has 0 aliphatic heterocycles. The highest BCUT2D eigenvalue weighted by atomic mass is 16.5. The van der Waals surface area contributed by atoms with E-state index >= 15 is 0 Å². The molecule has 0 saturated carbocycles. The van der Waals surface area contributed by atoms with E-state index in [1.807, 2.05) is 30.3 Å². The van der Waals surface area contributed by atoms with E-state index < -0.39 is 0 Å². The van der Waals surface area contributed by atoms with Crippen LogP contribution in [0.2, 0.25) is 0 Å². The molecule has 0 atom stereocenters. The van der Waals surface area contributed by atoms with Crippen LogP contribution in [0.25, 0.3) is 11.6 Å². The fourth-order valence-electron chi connectivity index (χ4n) is 2.71. The van der Waals surface area contributed by atoms with Crippen molar-refractivity contribution in [3.05, 3.63) is 84.1 Å². The Labute approximate surface area is 161 Å². The smallest absolute Gasteiger partial charge is 0.281 e. The van der Waals surface area contributed by atoms with Crippen molar-refractivity contribution < 1.29 is 13.9 Å². The Balaban J connectivity index is 1.66. The quantitative estimate of drug-likeness (QED) is 0.552. The summed E-state index contributed by atoms with van der Waals surface area (Å²) >= 11 is 0. The maximum Gasteiger partial charge on any atom is 0.281 e. The van der Waals surface area contributed by atoms with Crippen LogP contribution < -0.4 is 10.1 Å². The summed E-state index contributed by atoms with van der Waals surface area (Å²) < 4.78 is 11.8. The SMILES string of the molecule is COc1ccc(C(=O)n2nc(-c3ccco3)nc2NCc2ccccc2)cc1. The molecule has 0 spiro atoms. The molecule has 0 bridgehead atoms. The van der Waals surface area contributed by atoms with Gasteiger partial charge in [0.05, 0.1) is 13.4 Å². The van der Waals surface area contributed by atoms with Crippen LogP contribution in [0.1, 0.15) is 15.9 Å². The normalized spacial score (nSPS) is 10.6. The van der Waals surface area contributed by atoms with Crippen LogP contribution in [-0.2, 0) is 6.54 Å². The van der Waals surface area contributed by atoms with E-state index in [0.29, 0.717) is 35.4 Å². The first-order valence-electron chi connectivity index (χ1n) is 8.72. The van der Waals surface area contributed by atoms with Gasteiger partial charge in [-0.15, -0.1) is 5.10 Å². The number of benzene rings is 2. The van der Waals surface area contributed by atoms with Crippen LogP contribution in [0.4, 0.5) is 5.95 Å². The highest BCUT2D eigenvalue weighted by molar-refractivity contribution is 5.97. The third-order valence-corrected chi connectivity index (χ3v) is 4.17. The minimum Gasteiger partial charge on any atom is -0.497 e. The Morgan fingerprint density at radius 3 is 2.54 bits per heavy atom. The van der Waals surface area contributed by atoms with Gasteiger partial charge in [0.2, 0.25) is 11.8 Å². The van der Waals surface area contributed by atoms with Gasteiger partial charge in [0.25, 0.3) is 5.91 Å². The second kappa shape index (κ2) is 7.79. The second-order valence-electron chi connectivity index (χ2n) is 6.02. The van der Waals surface area contributed by atoms with Crippen molar-refractivity contribution in [3.8, 4) is 17.3 Å².